The van der Waals surface area contributed by atoms with Gasteiger partial charge in [-0.1, -0.05) is 6.07 Å². The van der Waals surface area contributed by atoms with Gasteiger partial charge in [0.05, 0.1) is 10.2 Å². The number of hydrogen-bond acceptors (Lipinski definition) is 3. The van der Waals surface area contributed by atoms with Gasteiger partial charge in [-0.2, -0.15) is 0 Å². The van der Waals surface area contributed by atoms with Crippen molar-refractivity contribution in [2.24, 2.45) is 0 Å². The molecule has 0 saturated carbocycles. The fraction of sp³-hybridized carbons (Fsp3) is 0. The summed E-state index contributed by atoms with van der Waals surface area (Å²) in [5, 5.41) is 2.67. The zero-order chi connectivity index (χ0) is 11.5. The van der Waals surface area contributed by atoms with E-state index >= 15 is 0 Å². The average molecular weight is 286 g/mol. The van der Waals surface area contributed by atoms with Crippen LogP contribution in [0.3, 0.4) is 0 Å². The molecule has 82 valence electrons. The van der Waals surface area contributed by atoms with Crippen molar-refractivity contribution in [3.05, 3.63) is 46.8 Å². The molecule has 1 heterocycles. The van der Waals surface area contributed by atoms with E-state index in [0.29, 0.717) is 10.3 Å². The van der Waals surface area contributed by atoms with E-state index in [-0.39, 0.29) is 5.69 Å². The third kappa shape index (κ3) is 2.16. The topological polar surface area (TPSA) is 37.8 Å². The van der Waals surface area contributed by atoms with E-state index in [1.165, 1.54) is 24.7 Å². The molecule has 2 rings (SSSR count). The number of nitrogens with zero attached hydrogens (tertiary/aromatic N) is 2. The summed E-state index contributed by atoms with van der Waals surface area (Å²) >= 11 is 3.19. The molecule has 1 N–H and O–H groups in total. The molecule has 0 aliphatic carbocycles. The fourth-order valence-electron chi connectivity index (χ4n) is 1.13. The second-order valence-corrected chi connectivity index (χ2v) is 3.80. The Morgan fingerprint density at radius 3 is 2.81 bits per heavy atom. The number of benzene rings is 1. The highest BCUT2D eigenvalue weighted by Gasteiger charge is 2.09. The van der Waals surface area contributed by atoms with Crippen molar-refractivity contribution < 1.29 is 8.78 Å². The summed E-state index contributed by atoms with van der Waals surface area (Å²) in [7, 11) is 0. The van der Waals surface area contributed by atoms with Crippen LogP contribution in [0.5, 0.6) is 0 Å². The molecule has 3 nitrogen and oxygen atoms in total. The Morgan fingerprint density at radius 2 is 2.06 bits per heavy atom. The quantitative estimate of drug-likeness (QED) is 0.920. The largest absolute Gasteiger partial charge is 0.337 e. The summed E-state index contributed by atoms with van der Waals surface area (Å²) in [6.45, 7) is 0. The van der Waals surface area contributed by atoms with Crippen LogP contribution in [0, 0.1) is 11.6 Å². The molecule has 0 unspecified atom stereocenters. The lowest BCUT2D eigenvalue weighted by molar-refractivity contribution is 0.511. The van der Waals surface area contributed by atoms with Crippen LogP contribution in [0.15, 0.2) is 35.2 Å². The molecule has 1 aromatic heterocycles. The Morgan fingerprint density at radius 1 is 1.25 bits per heavy atom. The van der Waals surface area contributed by atoms with Gasteiger partial charge in [0.2, 0.25) is 0 Å². The van der Waals surface area contributed by atoms with Crippen LogP contribution in [0.1, 0.15) is 0 Å². The van der Waals surface area contributed by atoms with Crippen molar-refractivity contribution in [1.29, 1.82) is 0 Å². The molecule has 0 atom stereocenters. The molecule has 2 aromatic rings. The van der Waals surface area contributed by atoms with E-state index in [0.717, 1.165) is 6.07 Å². The van der Waals surface area contributed by atoms with Crippen LogP contribution in [-0.2, 0) is 0 Å². The van der Waals surface area contributed by atoms with Gasteiger partial charge >= 0.3 is 0 Å². The maximum atomic E-state index is 13.3. The Balaban J connectivity index is 2.35. The maximum Gasteiger partial charge on any atom is 0.182 e. The molecule has 0 radical (unpaired) electrons. The lowest BCUT2D eigenvalue weighted by atomic mass is 10.3. The highest BCUT2D eigenvalue weighted by molar-refractivity contribution is 9.10. The highest BCUT2D eigenvalue weighted by atomic mass is 79.9. The van der Waals surface area contributed by atoms with Gasteiger partial charge in [0, 0.05) is 6.20 Å². The second-order valence-electron chi connectivity index (χ2n) is 2.95. The van der Waals surface area contributed by atoms with Gasteiger partial charge in [0.15, 0.2) is 11.6 Å². The summed E-state index contributed by atoms with van der Waals surface area (Å²) < 4.78 is 26.8. The Hall–Kier alpha value is -1.56. The first-order valence-electron chi connectivity index (χ1n) is 4.35. The highest BCUT2D eigenvalue weighted by Crippen LogP contribution is 2.24. The smallest absolute Gasteiger partial charge is 0.182 e. The third-order valence-corrected chi connectivity index (χ3v) is 2.45. The number of nitrogens with one attached hydrogen (secondary N) is 1. The van der Waals surface area contributed by atoms with Crippen molar-refractivity contribution in [3.8, 4) is 0 Å². The first-order valence-corrected chi connectivity index (χ1v) is 5.14. The van der Waals surface area contributed by atoms with Crippen molar-refractivity contribution in [2.75, 3.05) is 5.32 Å². The number of anilines is 2. The monoisotopic (exact) mass is 285 g/mol. The molecule has 6 heteroatoms. The van der Waals surface area contributed by atoms with E-state index in [1.54, 1.807) is 0 Å². The van der Waals surface area contributed by atoms with E-state index < -0.39 is 11.6 Å². The summed E-state index contributed by atoms with van der Waals surface area (Å²) in [6, 6.07) is 3.89. The van der Waals surface area contributed by atoms with E-state index in [4.69, 9.17) is 0 Å². The molecule has 0 aliphatic heterocycles. The zero-order valence-electron chi connectivity index (χ0n) is 7.92. The number of aromatic nitrogens is 2. The Bertz CT molecular complexity index is 519. The van der Waals surface area contributed by atoms with Crippen molar-refractivity contribution in [3.63, 3.8) is 0 Å². The molecular weight excluding hydrogens is 280 g/mol. The van der Waals surface area contributed by atoms with Gasteiger partial charge in [-0.05, 0) is 28.1 Å². The predicted molar refractivity (Wildman–Crippen MR) is 59.4 cm³/mol. The number of rotatable bonds is 2. The predicted octanol–water partition coefficient (Wildman–Crippen LogP) is 3.26. The van der Waals surface area contributed by atoms with Gasteiger partial charge < -0.3 is 5.32 Å². The van der Waals surface area contributed by atoms with Crippen LogP contribution in [0.2, 0.25) is 0 Å². The van der Waals surface area contributed by atoms with Crippen LogP contribution >= 0.6 is 15.9 Å². The third-order valence-electron chi connectivity index (χ3n) is 1.87. The van der Waals surface area contributed by atoms with E-state index in [1.807, 2.05) is 0 Å². The second kappa shape index (κ2) is 4.52. The van der Waals surface area contributed by atoms with E-state index in [9.17, 15) is 8.78 Å². The molecule has 0 spiro atoms. The molecular formula is C10H6BrF2N3. The lowest BCUT2D eigenvalue weighted by Crippen LogP contribution is -1.99. The normalized spacial score (nSPS) is 10.2. The lowest BCUT2D eigenvalue weighted by Gasteiger charge is -2.07. The first-order chi connectivity index (χ1) is 7.68. The van der Waals surface area contributed by atoms with Crippen molar-refractivity contribution >= 4 is 27.4 Å². The molecule has 0 bridgehead atoms. The maximum absolute atomic E-state index is 13.3. The van der Waals surface area contributed by atoms with E-state index in [2.05, 4.69) is 31.2 Å². The van der Waals surface area contributed by atoms with Gasteiger partial charge in [-0.25, -0.2) is 18.7 Å². The van der Waals surface area contributed by atoms with Crippen LogP contribution in [0.4, 0.5) is 20.3 Å². The minimum Gasteiger partial charge on any atom is -0.337 e. The average Bonchev–Trinajstić information content (AvgIpc) is 2.28. The Kier molecular flexibility index (Phi) is 3.09. The van der Waals surface area contributed by atoms with Crippen LogP contribution in [-0.4, -0.2) is 9.97 Å². The molecule has 0 aliphatic rings. The molecule has 0 amide bonds. The summed E-state index contributed by atoms with van der Waals surface area (Å²) in [4.78, 5) is 7.65. The van der Waals surface area contributed by atoms with Crippen LogP contribution < -0.4 is 5.32 Å². The number of halogens is 3. The van der Waals surface area contributed by atoms with Crippen LogP contribution in [0.25, 0.3) is 0 Å². The van der Waals surface area contributed by atoms with Gasteiger partial charge in [0.1, 0.15) is 12.1 Å². The summed E-state index contributed by atoms with van der Waals surface area (Å²) in [6.07, 6.45) is 2.82. The van der Waals surface area contributed by atoms with Gasteiger partial charge in [-0.15, -0.1) is 0 Å². The molecule has 16 heavy (non-hydrogen) atoms. The fourth-order valence-corrected chi connectivity index (χ4v) is 1.45. The number of hydrogen-bond donors (Lipinski definition) is 1. The molecule has 0 fully saturated rings. The molecule has 0 saturated heterocycles. The molecule has 1 aromatic carbocycles. The zero-order valence-corrected chi connectivity index (χ0v) is 9.50. The van der Waals surface area contributed by atoms with Crippen molar-refractivity contribution in [2.45, 2.75) is 0 Å². The Labute approximate surface area is 98.7 Å². The summed E-state index contributed by atoms with van der Waals surface area (Å²) in [5.74, 6) is -1.47. The summed E-state index contributed by atoms with van der Waals surface area (Å²) in [5.41, 5.74) is 0.0272. The SMILES string of the molecule is Fc1cccc(Nc2ncncc2Br)c1F. The van der Waals surface area contributed by atoms with Crippen molar-refractivity contribution in [1.82, 2.24) is 9.97 Å². The van der Waals surface area contributed by atoms with Gasteiger partial charge in [0.25, 0.3) is 0 Å². The minimum absolute atomic E-state index is 0.0272. The standard InChI is InChI=1S/C10H6BrF2N3/c11-6-4-14-5-15-10(6)16-8-3-1-2-7(12)9(8)13/h1-5H,(H,14,15,16). The first kappa shape index (κ1) is 10.9. The minimum atomic E-state index is -0.937. The van der Waals surface area contributed by atoms with Gasteiger partial charge in [-0.3, -0.25) is 0 Å².